The summed E-state index contributed by atoms with van der Waals surface area (Å²) >= 11 is 6.50. The second-order valence-corrected chi connectivity index (χ2v) is 4.74. The summed E-state index contributed by atoms with van der Waals surface area (Å²) in [5, 5.41) is 4.00. The molecule has 17 heavy (non-hydrogen) atoms. The Hall–Kier alpha value is -1.41. The largest absolute Gasteiger partial charge is 0.366 e. The lowest BCUT2D eigenvalue weighted by atomic mass is 10.2. The summed E-state index contributed by atoms with van der Waals surface area (Å²) in [6.45, 7) is 0. The maximum absolute atomic E-state index is 11.1. The molecular formula is C9H7Br2N5O. The van der Waals surface area contributed by atoms with Gasteiger partial charge in [0.15, 0.2) is 0 Å². The molecule has 1 amide bonds. The monoisotopic (exact) mass is 359 g/mol. The van der Waals surface area contributed by atoms with Crippen molar-refractivity contribution >= 4 is 43.7 Å². The van der Waals surface area contributed by atoms with Crippen LogP contribution in [-0.2, 0) is 0 Å². The lowest BCUT2D eigenvalue weighted by Gasteiger charge is -2.05. The molecule has 0 unspecified atom stereocenters. The van der Waals surface area contributed by atoms with Gasteiger partial charge in [-0.25, -0.2) is 4.68 Å². The Morgan fingerprint density at radius 3 is 2.53 bits per heavy atom. The molecule has 2 rings (SSSR count). The summed E-state index contributed by atoms with van der Waals surface area (Å²) in [6, 6.07) is 5.01. The number of nitrogen functional groups attached to an aromatic ring is 1. The van der Waals surface area contributed by atoms with Gasteiger partial charge in [0.2, 0.25) is 16.6 Å². The van der Waals surface area contributed by atoms with Crippen molar-refractivity contribution in [2.75, 3.05) is 5.73 Å². The molecule has 0 aliphatic rings. The zero-order valence-electron chi connectivity index (χ0n) is 8.39. The van der Waals surface area contributed by atoms with Crippen LogP contribution in [0.25, 0.3) is 5.69 Å². The highest BCUT2D eigenvalue weighted by molar-refractivity contribution is 9.10. The van der Waals surface area contributed by atoms with Gasteiger partial charge >= 0.3 is 0 Å². The quantitative estimate of drug-likeness (QED) is 0.846. The molecule has 0 fully saturated rings. The molecule has 1 aromatic heterocycles. The summed E-state index contributed by atoms with van der Waals surface area (Å²) < 4.78 is 2.57. The molecule has 1 heterocycles. The number of amides is 1. The van der Waals surface area contributed by atoms with Gasteiger partial charge < -0.3 is 11.5 Å². The van der Waals surface area contributed by atoms with E-state index in [1.165, 1.54) is 4.68 Å². The number of anilines is 1. The number of nitrogens with zero attached hydrogens (tertiary/aromatic N) is 3. The summed E-state index contributed by atoms with van der Waals surface area (Å²) in [5.41, 5.74) is 11.8. The average molecular weight is 361 g/mol. The Morgan fingerprint density at radius 1 is 1.35 bits per heavy atom. The molecule has 0 saturated heterocycles. The van der Waals surface area contributed by atoms with Crippen molar-refractivity contribution in [3.8, 4) is 5.69 Å². The molecular weight excluding hydrogens is 354 g/mol. The van der Waals surface area contributed by atoms with E-state index in [1.54, 1.807) is 18.2 Å². The molecule has 0 spiro atoms. The SMILES string of the molecule is NC(=O)c1ccc(-n2nc(N)nc2Br)cc1Br. The van der Waals surface area contributed by atoms with E-state index in [0.29, 0.717) is 20.5 Å². The zero-order valence-corrected chi connectivity index (χ0v) is 11.6. The predicted molar refractivity (Wildman–Crippen MR) is 69.7 cm³/mol. The lowest BCUT2D eigenvalue weighted by molar-refractivity contribution is 0.0999. The molecule has 8 heteroatoms. The fourth-order valence-electron chi connectivity index (χ4n) is 1.31. The van der Waals surface area contributed by atoms with Crippen LogP contribution < -0.4 is 11.5 Å². The van der Waals surface area contributed by atoms with Crippen molar-refractivity contribution in [1.29, 1.82) is 0 Å². The van der Waals surface area contributed by atoms with Crippen LogP contribution in [-0.4, -0.2) is 20.7 Å². The number of benzene rings is 1. The number of nitrogens with two attached hydrogens (primary N) is 2. The third-order valence-corrected chi connectivity index (χ3v) is 3.22. The number of carbonyl (C=O) groups is 1. The molecule has 0 saturated carbocycles. The minimum Gasteiger partial charge on any atom is -0.366 e. The van der Waals surface area contributed by atoms with Gasteiger partial charge in [-0.1, -0.05) is 0 Å². The van der Waals surface area contributed by atoms with E-state index < -0.39 is 5.91 Å². The van der Waals surface area contributed by atoms with Gasteiger partial charge in [0.05, 0.1) is 11.3 Å². The van der Waals surface area contributed by atoms with Crippen LogP contribution in [0, 0.1) is 0 Å². The van der Waals surface area contributed by atoms with Crippen LogP contribution in [0.4, 0.5) is 5.95 Å². The van der Waals surface area contributed by atoms with Crippen molar-refractivity contribution in [1.82, 2.24) is 14.8 Å². The van der Waals surface area contributed by atoms with Crippen LogP contribution in [0.15, 0.2) is 27.4 Å². The Labute approximate surface area is 113 Å². The Bertz CT molecular complexity index is 595. The maximum Gasteiger partial charge on any atom is 0.249 e. The number of aromatic nitrogens is 3. The molecule has 0 atom stereocenters. The molecule has 1 aromatic carbocycles. The highest BCUT2D eigenvalue weighted by Gasteiger charge is 2.11. The standard InChI is InChI=1S/C9H7Br2N5O/c10-6-3-4(1-2-5(6)7(12)17)16-8(11)14-9(13)15-16/h1-3H,(H2,12,17)(H2,13,15). The third kappa shape index (κ3) is 2.32. The molecule has 6 nitrogen and oxygen atoms in total. The van der Waals surface area contributed by atoms with Crippen molar-refractivity contribution in [2.24, 2.45) is 5.73 Å². The lowest BCUT2D eigenvalue weighted by Crippen LogP contribution is -2.12. The number of hydrogen-bond donors (Lipinski definition) is 2. The van der Waals surface area contributed by atoms with Crippen molar-refractivity contribution in [3.63, 3.8) is 0 Å². The number of halogens is 2. The van der Waals surface area contributed by atoms with E-state index in [2.05, 4.69) is 41.9 Å². The number of hydrogen-bond acceptors (Lipinski definition) is 4. The van der Waals surface area contributed by atoms with Crippen LogP contribution in [0.3, 0.4) is 0 Å². The Balaban J connectivity index is 2.51. The second kappa shape index (κ2) is 4.46. The van der Waals surface area contributed by atoms with E-state index in [0.717, 1.165) is 0 Å². The molecule has 88 valence electrons. The highest BCUT2D eigenvalue weighted by Crippen LogP contribution is 2.22. The third-order valence-electron chi connectivity index (χ3n) is 2.05. The topological polar surface area (TPSA) is 99.8 Å². The minimum absolute atomic E-state index is 0.159. The highest BCUT2D eigenvalue weighted by atomic mass is 79.9. The second-order valence-electron chi connectivity index (χ2n) is 3.18. The fourth-order valence-corrected chi connectivity index (χ4v) is 2.34. The summed E-state index contributed by atoms with van der Waals surface area (Å²) in [5.74, 6) is -0.340. The van der Waals surface area contributed by atoms with Crippen LogP contribution in [0.5, 0.6) is 0 Å². The molecule has 4 N–H and O–H groups in total. The van der Waals surface area contributed by atoms with Crippen LogP contribution in [0.2, 0.25) is 0 Å². The Morgan fingerprint density at radius 2 is 2.06 bits per heavy atom. The summed E-state index contributed by atoms with van der Waals surface area (Å²) in [7, 11) is 0. The van der Waals surface area contributed by atoms with Crippen LogP contribution >= 0.6 is 31.9 Å². The van der Waals surface area contributed by atoms with E-state index in [4.69, 9.17) is 11.5 Å². The smallest absolute Gasteiger partial charge is 0.249 e. The predicted octanol–water partition coefficient (Wildman–Crippen LogP) is 1.47. The number of rotatable bonds is 2. The van der Waals surface area contributed by atoms with Gasteiger partial charge in [-0.15, -0.1) is 5.10 Å². The molecule has 0 aliphatic carbocycles. The normalized spacial score (nSPS) is 10.5. The van der Waals surface area contributed by atoms with Gasteiger partial charge in [0, 0.05) is 4.47 Å². The first-order chi connectivity index (χ1) is 7.99. The summed E-state index contributed by atoms with van der Waals surface area (Å²) in [4.78, 5) is 15.0. The molecule has 0 radical (unpaired) electrons. The summed E-state index contributed by atoms with van der Waals surface area (Å²) in [6.07, 6.45) is 0. The molecule has 0 aliphatic heterocycles. The van der Waals surface area contributed by atoms with E-state index >= 15 is 0 Å². The first-order valence-corrected chi connectivity index (χ1v) is 6.05. The van der Waals surface area contributed by atoms with Gasteiger partial charge in [0.1, 0.15) is 0 Å². The average Bonchev–Trinajstić information content (AvgIpc) is 2.57. The fraction of sp³-hybridized carbons (Fsp3) is 0. The van der Waals surface area contributed by atoms with E-state index in [-0.39, 0.29) is 5.95 Å². The number of carbonyl (C=O) groups excluding carboxylic acids is 1. The first-order valence-electron chi connectivity index (χ1n) is 4.47. The van der Waals surface area contributed by atoms with Crippen molar-refractivity contribution in [3.05, 3.63) is 33.0 Å². The van der Waals surface area contributed by atoms with Gasteiger partial charge in [-0.05, 0) is 50.1 Å². The van der Waals surface area contributed by atoms with Gasteiger partial charge in [0.25, 0.3) is 0 Å². The van der Waals surface area contributed by atoms with Crippen LogP contribution in [0.1, 0.15) is 10.4 Å². The van der Waals surface area contributed by atoms with Crippen molar-refractivity contribution < 1.29 is 4.79 Å². The Kier molecular flexibility index (Phi) is 3.16. The first kappa shape index (κ1) is 12.1. The minimum atomic E-state index is -0.499. The van der Waals surface area contributed by atoms with Gasteiger partial charge in [-0.2, -0.15) is 4.98 Å². The van der Waals surface area contributed by atoms with E-state index in [9.17, 15) is 4.79 Å². The van der Waals surface area contributed by atoms with E-state index in [1.807, 2.05) is 0 Å². The zero-order chi connectivity index (χ0) is 12.6. The molecule has 2 aromatic rings. The van der Waals surface area contributed by atoms with Gasteiger partial charge in [-0.3, -0.25) is 4.79 Å². The molecule has 0 bridgehead atoms. The number of primary amides is 1. The van der Waals surface area contributed by atoms with Crippen molar-refractivity contribution in [2.45, 2.75) is 0 Å². The maximum atomic E-state index is 11.1.